The molecule has 2 aromatic carbocycles. The van der Waals surface area contributed by atoms with Crippen LogP contribution in [0, 0.1) is 18.6 Å². The Morgan fingerprint density at radius 2 is 1.97 bits per heavy atom. The molecular weight excluding hydrogens is 432 g/mol. The van der Waals surface area contributed by atoms with Crippen molar-refractivity contribution in [1.29, 1.82) is 0 Å². The van der Waals surface area contributed by atoms with Gasteiger partial charge in [-0.05, 0) is 42.8 Å². The molecule has 0 aliphatic heterocycles. The van der Waals surface area contributed by atoms with E-state index in [0.29, 0.717) is 21.3 Å². The van der Waals surface area contributed by atoms with Crippen LogP contribution in [-0.4, -0.2) is 15.9 Å². The van der Waals surface area contributed by atoms with Crippen molar-refractivity contribution in [2.75, 3.05) is 4.90 Å². The van der Waals surface area contributed by atoms with E-state index in [9.17, 15) is 18.4 Å². The molecule has 30 heavy (non-hydrogen) atoms. The third-order valence-electron chi connectivity index (χ3n) is 4.61. The zero-order valence-corrected chi connectivity index (χ0v) is 17.2. The van der Waals surface area contributed by atoms with Gasteiger partial charge >= 0.3 is 0 Å². The van der Waals surface area contributed by atoms with Crippen molar-refractivity contribution < 1.29 is 13.6 Å². The van der Waals surface area contributed by atoms with Gasteiger partial charge in [-0.25, -0.2) is 13.8 Å². The number of benzene rings is 2. The standard InChI is InChI=1S/C21H14ClF2N3O2S/c1-11-20(30-10-25-11)21(29)27(14-4-2-3-13(22)8-14)9-12-7-17(28)26-19-16(24)6-5-15(23)18(12)19/h2-8,10H,9H2,1H3,(H,26,28). The predicted octanol–water partition coefficient (Wildman–Crippen LogP) is 5.07. The number of amides is 1. The number of thiazole rings is 1. The van der Waals surface area contributed by atoms with Crippen LogP contribution in [0.4, 0.5) is 14.5 Å². The van der Waals surface area contributed by atoms with E-state index >= 15 is 0 Å². The summed E-state index contributed by atoms with van der Waals surface area (Å²) in [5, 5.41) is 0.315. The van der Waals surface area contributed by atoms with Crippen LogP contribution in [0.1, 0.15) is 20.9 Å². The van der Waals surface area contributed by atoms with Gasteiger partial charge in [-0.1, -0.05) is 17.7 Å². The fraction of sp³-hybridized carbons (Fsp3) is 0.0952. The third-order valence-corrected chi connectivity index (χ3v) is 5.76. The van der Waals surface area contributed by atoms with Gasteiger partial charge in [0.05, 0.1) is 23.3 Å². The Morgan fingerprint density at radius 1 is 1.20 bits per heavy atom. The second-order valence-electron chi connectivity index (χ2n) is 6.58. The van der Waals surface area contributed by atoms with Crippen molar-refractivity contribution in [3.8, 4) is 0 Å². The van der Waals surface area contributed by atoms with E-state index in [1.165, 1.54) is 16.2 Å². The molecule has 5 nitrogen and oxygen atoms in total. The van der Waals surface area contributed by atoms with E-state index in [0.717, 1.165) is 18.2 Å². The number of carbonyl (C=O) groups excluding carboxylic acids is 1. The number of aromatic nitrogens is 2. The number of carbonyl (C=O) groups is 1. The van der Waals surface area contributed by atoms with Gasteiger partial charge in [0, 0.05) is 22.2 Å². The number of pyridine rings is 1. The average Bonchev–Trinajstić information content (AvgIpc) is 3.14. The van der Waals surface area contributed by atoms with Gasteiger partial charge < -0.3 is 9.88 Å². The van der Waals surface area contributed by atoms with Crippen LogP contribution in [0.15, 0.2) is 52.8 Å². The summed E-state index contributed by atoms with van der Waals surface area (Å²) in [6.07, 6.45) is 0. The van der Waals surface area contributed by atoms with E-state index in [2.05, 4.69) is 9.97 Å². The van der Waals surface area contributed by atoms with Crippen molar-refractivity contribution in [2.45, 2.75) is 13.5 Å². The molecule has 0 atom stereocenters. The summed E-state index contributed by atoms with van der Waals surface area (Å²) >= 11 is 7.28. The van der Waals surface area contributed by atoms with Crippen LogP contribution < -0.4 is 10.5 Å². The minimum absolute atomic E-state index is 0.0875. The molecule has 0 fully saturated rings. The summed E-state index contributed by atoms with van der Waals surface area (Å²) in [5.74, 6) is -1.85. The molecule has 1 N–H and O–H groups in total. The first-order valence-corrected chi connectivity index (χ1v) is 10.1. The summed E-state index contributed by atoms with van der Waals surface area (Å²) in [6, 6.07) is 9.68. The zero-order chi connectivity index (χ0) is 21.4. The maximum atomic E-state index is 14.6. The molecule has 4 rings (SSSR count). The van der Waals surface area contributed by atoms with E-state index in [-0.39, 0.29) is 28.9 Å². The lowest BCUT2D eigenvalue weighted by atomic mass is 10.1. The van der Waals surface area contributed by atoms with Crippen molar-refractivity contribution in [3.05, 3.63) is 91.1 Å². The smallest absolute Gasteiger partial charge is 0.270 e. The molecule has 1 amide bonds. The Hall–Kier alpha value is -3.10. The maximum absolute atomic E-state index is 14.6. The molecule has 0 unspecified atom stereocenters. The number of halogens is 3. The van der Waals surface area contributed by atoms with Gasteiger partial charge in [-0.3, -0.25) is 9.59 Å². The highest BCUT2D eigenvalue weighted by molar-refractivity contribution is 7.12. The molecular formula is C21H14ClF2N3O2S. The molecule has 0 aliphatic carbocycles. The molecule has 0 saturated heterocycles. The lowest BCUT2D eigenvalue weighted by Crippen LogP contribution is -2.31. The van der Waals surface area contributed by atoms with Crippen LogP contribution in [-0.2, 0) is 6.54 Å². The number of nitrogens with zero attached hydrogens (tertiary/aromatic N) is 2. The quantitative estimate of drug-likeness (QED) is 0.477. The summed E-state index contributed by atoms with van der Waals surface area (Å²) in [7, 11) is 0. The Balaban J connectivity index is 1.90. The van der Waals surface area contributed by atoms with Gasteiger partial charge in [0.15, 0.2) is 0 Å². The maximum Gasteiger partial charge on any atom is 0.270 e. The average molecular weight is 446 g/mol. The first-order chi connectivity index (χ1) is 14.3. The number of nitrogens with one attached hydrogen (secondary N) is 1. The van der Waals surface area contributed by atoms with E-state index in [4.69, 9.17) is 11.6 Å². The fourth-order valence-corrected chi connectivity index (χ4v) is 4.16. The highest BCUT2D eigenvalue weighted by atomic mass is 35.5. The highest BCUT2D eigenvalue weighted by Crippen LogP contribution is 2.28. The van der Waals surface area contributed by atoms with Gasteiger partial charge in [0.2, 0.25) is 5.56 Å². The fourth-order valence-electron chi connectivity index (χ4n) is 3.23. The number of aryl methyl sites for hydroxylation is 1. The Labute approximate surface area is 178 Å². The minimum Gasteiger partial charge on any atom is -0.319 e. The first-order valence-electron chi connectivity index (χ1n) is 8.82. The number of H-pyrrole nitrogens is 1. The number of anilines is 1. The predicted molar refractivity (Wildman–Crippen MR) is 113 cm³/mol. The second-order valence-corrected chi connectivity index (χ2v) is 7.87. The van der Waals surface area contributed by atoms with Gasteiger partial charge in [0.25, 0.3) is 5.91 Å². The number of fused-ring (bicyclic) bond motifs is 1. The van der Waals surface area contributed by atoms with Crippen LogP contribution >= 0.6 is 22.9 Å². The van der Waals surface area contributed by atoms with Crippen molar-refractivity contribution in [2.24, 2.45) is 0 Å². The lowest BCUT2D eigenvalue weighted by molar-refractivity contribution is 0.0988. The molecule has 9 heteroatoms. The third kappa shape index (κ3) is 3.71. The van der Waals surface area contributed by atoms with E-state index < -0.39 is 17.2 Å². The summed E-state index contributed by atoms with van der Waals surface area (Å²) in [5.41, 5.74) is 1.87. The van der Waals surface area contributed by atoms with Crippen molar-refractivity contribution in [1.82, 2.24) is 9.97 Å². The molecule has 4 aromatic rings. The molecule has 0 radical (unpaired) electrons. The van der Waals surface area contributed by atoms with Crippen LogP contribution in [0.25, 0.3) is 10.9 Å². The van der Waals surface area contributed by atoms with E-state index in [1.54, 1.807) is 36.7 Å². The molecule has 0 aliphatic rings. The van der Waals surface area contributed by atoms with Gasteiger partial charge in [-0.15, -0.1) is 11.3 Å². The van der Waals surface area contributed by atoms with E-state index in [1.807, 2.05) is 0 Å². The van der Waals surface area contributed by atoms with Crippen molar-refractivity contribution >= 4 is 45.4 Å². The molecule has 0 bridgehead atoms. The molecule has 0 saturated carbocycles. The highest BCUT2D eigenvalue weighted by Gasteiger charge is 2.24. The summed E-state index contributed by atoms with van der Waals surface area (Å²) in [6.45, 7) is 1.54. The Bertz CT molecular complexity index is 1340. The topological polar surface area (TPSA) is 66.1 Å². The number of rotatable bonds is 4. The summed E-state index contributed by atoms with van der Waals surface area (Å²) < 4.78 is 28.8. The van der Waals surface area contributed by atoms with Crippen molar-refractivity contribution in [3.63, 3.8) is 0 Å². The largest absolute Gasteiger partial charge is 0.319 e. The monoisotopic (exact) mass is 445 g/mol. The number of hydrogen-bond acceptors (Lipinski definition) is 4. The number of aromatic amines is 1. The van der Waals surface area contributed by atoms with Gasteiger partial charge in [0.1, 0.15) is 16.5 Å². The summed E-state index contributed by atoms with van der Waals surface area (Å²) in [4.78, 5) is 33.6. The van der Waals surface area contributed by atoms with Crippen LogP contribution in [0.5, 0.6) is 0 Å². The van der Waals surface area contributed by atoms with Crippen LogP contribution in [0.3, 0.4) is 0 Å². The molecule has 2 heterocycles. The molecule has 0 spiro atoms. The normalized spacial score (nSPS) is 11.1. The van der Waals surface area contributed by atoms with Gasteiger partial charge in [-0.2, -0.15) is 0 Å². The number of hydrogen-bond donors (Lipinski definition) is 1. The lowest BCUT2D eigenvalue weighted by Gasteiger charge is -2.23. The first kappa shape index (κ1) is 20.2. The Kier molecular flexibility index (Phi) is 5.36. The Morgan fingerprint density at radius 3 is 2.67 bits per heavy atom. The SMILES string of the molecule is Cc1ncsc1C(=O)N(Cc1cc(=O)[nH]c2c(F)ccc(F)c12)c1cccc(Cl)c1. The van der Waals surface area contributed by atoms with Crippen LogP contribution in [0.2, 0.25) is 5.02 Å². The molecule has 2 aromatic heterocycles. The second kappa shape index (κ2) is 7.97. The molecule has 152 valence electrons. The minimum atomic E-state index is -0.760. The zero-order valence-electron chi connectivity index (χ0n) is 15.6.